The number of hydrogen-bond donors (Lipinski definition) is 1. The first-order chi connectivity index (χ1) is 12.8. The summed E-state index contributed by atoms with van der Waals surface area (Å²) in [4.78, 5) is 16.2. The van der Waals surface area contributed by atoms with Crippen LogP contribution in [0.5, 0.6) is 0 Å². The smallest absolute Gasteiger partial charge is 0.148 e. The fourth-order valence-corrected chi connectivity index (χ4v) is 3.42. The molecule has 1 aliphatic heterocycles. The molecular formula is C21H23N5. The molecule has 0 unspecified atom stereocenters. The number of piperidine rings is 1. The minimum absolute atomic E-state index is 0.266. The highest BCUT2D eigenvalue weighted by molar-refractivity contribution is 5.65. The molecule has 2 aromatic heterocycles. The summed E-state index contributed by atoms with van der Waals surface area (Å²) in [7, 11) is 2.16. The van der Waals surface area contributed by atoms with Crippen molar-refractivity contribution in [2.45, 2.75) is 25.3 Å². The fourth-order valence-electron chi connectivity index (χ4n) is 3.42. The predicted octanol–water partition coefficient (Wildman–Crippen LogP) is 4.44. The molecule has 5 nitrogen and oxygen atoms in total. The third-order valence-corrected chi connectivity index (χ3v) is 4.83. The van der Waals surface area contributed by atoms with E-state index in [1.54, 1.807) is 12.4 Å². The van der Waals surface area contributed by atoms with Gasteiger partial charge in [-0.2, -0.15) is 0 Å². The average molecular weight is 345 g/mol. The number of aromatic nitrogens is 3. The van der Waals surface area contributed by atoms with Crippen LogP contribution in [-0.4, -0.2) is 33.4 Å². The van der Waals surface area contributed by atoms with E-state index in [0.29, 0.717) is 0 Å². The van der Waals surface area contributed by atoms with Gasteiger partial charge < -0.3 is 5.32 Å². The van der Waals surface area contributed by atoms with Crippen molar-refractivity contribution in [3.05, 3.63) is 66.7 Å². The van der Waals surface area contributed by atoms with E-state index in [0.717, 1.165) is 41.6 Å². The molecule has 0 bridgehead atoms. The number of rotatable bonds is 4. The highest BCUT2D eigenvalue weighted by Gasteiger charge is 2.24. The quantitative estimate of drug-likeness (QED) is 0.757. The van der Waals surface area contributed by atoms with Crippen LogP contribution in [0.1, 0.15) is 31.1 Å². The molecule has 1 N–H and O–H groups in total. The second-order valence-corrected chi connectivity index (χ2v) is 6.72. The van der Waals surface area contributed by atoms with Gasteiger partial charge in [0.25, 0.3) is 0 Å². The zero-order valence-electron chi connectivity index (χ0n) is 15.0. The van der Waals surface area contributed by atoms with Crippen LogP contribution in [0, 0.1) is 0 Å². The van der Waals surface area contributed by atoms with Gasteiger partial charge in [0.2, 0.25) is 0 Å². The molecule has 1 aromatic carbocycles. The topological polar surface area (TPSA) is 53.9 Å². The average Bonchev–Trinajstić information content (AvgIpc) is 2.69. The zero-order chi connectivity index (χ0) is 17.8. The van der Waals surface area contributed by atoms with Crippen LogP contribution in [0.2, 0.25) is 0 Å². The van der Waals surface area contributed by atoms with E-state index >= 15 is 0 Å². The lowest BCUT2D eigenvalue weighted by Gasteiger charge is -2.31. The summed E-state index contributed by atoms with van der Waals surface area (Å²) in [6, 6.07) is 16.4. The maximum absolute atomic E-state index is 4.90. The van der Waals surface area contributed by atoms with E-state index in [4.69, 9.17) is 9.97 Å². The van der Waals surface area contributed by atoms with E-state index in [-0.39, 0.29) is 6.04 Å². The van der Waals surface area contributed by atoms with E-state index < -0.39 is 0 Å². The maximum Gasteiger partial charge on any atom is 0.148 e. The Hall–Kier alpha value is -2.79. The molecule has 1 aliphatic rings. The first-order valence-corrected chi connectivity index (χ1v) is 9.11. The second kappa shape index (κ2) is 7.62. The molecule has 4 rings (SSSR count). The molecule has 1 fully saturated rings. The SMILES string of the molecule is CN1CCCC[C@@H]1c1nc(Nc2ccccc2)cc(-c2ccncc2)n1. The number of hydrogen-bond acceptors (Lipinski definition) is 5. The molecule has 132 valence electrons. The van der Waals surface area contributed by atoms with Crippen LogP contribution >= 0.6 is 0 Å². The Labute approximate surface area is 154 Å². The Kier molecular flexibility index (Phi) is 4.88. The molecular weight excluding hydrogens is 322 g/mol. The van der Waals surface area contributed by atoms with Crippen molar-refractivity contribution in [2.24, 2.45) is 0 Å². The fraction of sp³-hybridized carbons (Fsp3) is 0.286. The zero-order valence-corrected chi connectivity index (χ0v) is 15.0. The summed E-state index contributed by atoms with van der Waals surface area (Å²) in [6.07, 6.45) is 7.16. The van der Waals surface area contributed by atoms with Crippen molar-refractivity contribution in [3.63, 3.8) is 0 Å². The summed E-state index contributed by atoms with van der Waals surface area (Å²) in [6.45, 7) is 1.09. The molecule has 1 saturated heterocycles. The summed E-state index contributed by atoms with van der Waals surface area (Å²) in [5.74, 6) is 1.71. The van der Waals surface area contributed by atoms with Gasteiger partial charge in [0.05, 0.1) is 11.7 Å². The molecule has 26 heavy (non-hydrogen) atoms. The third-order valence-electron chi connectivity index (χ3n) is 4.83. The molecule has 5 heteroatoms. The van der Waals surface area contributed by atoms with Crippen LogP contribution in [-0.2, 0) is 0 Å². The van der Waals surface area contributed by atoms with E-state index in [9.17, 15) is 0 Å². The van der Waals surface area contributed by atoms with E-state index in [1.807, 2.05) is 48.5 Å². The van der Waals surface area contributed by atoms with Crippen molar-refractivity contribution in [3.8, 4) is 11.3 Å². The standard InChI is InChI=1S/C21H23N5/c1-26-14-6-5-9-19(26)21-24-18(16-10-12-22-13-11-16)15-20(25-21)23-17-7-3-2-4-8-17/h2-4,7-8,10-13,15,19H,5-6,9,14H2,1H3,(H,23,24,25)/t19-/m1/s1. The van der Waals surface area contributed by atoms with Crippen LogP contribution in [0.15, 0.2) is 60.9 Å². The van der Waals surface area contributed by atoms with Gasteiger partial charge in [-0.25, -0.2) is 9.97 Å². The van der Waals surface area contributed by atoms with Gasteiger partial charge in [-0.1, -0.05) is 24.6 Å². The third kappa shape index (κ3) is 3.73. The Morgan fingerprint density at radius 3 is 2.58 bits per heavy atom. The molecule has 0 radical (unpaired) electrons. The highest BCUT2D eigenvalue weighted by atomic mass is 15.2. The van der Waals surface area contributed by atoms with Crippen molar-refractivity contribution < 1.29 is 0 Å². The number of likely N-dealkylation sites (tertiary alicyclic amines) is 1. The van der Waals surface area contributed by atoms with Crippen molar-refractivity contribution >= 4 is 11.5 Å². The first kappa shape index (κ1) is 16.7. The molecule has 1 atom stereocenters. The Morgan fingerprint density at radius 1 is 1.00 bits per heavy atom. The molecule has 0 amide bonds. The number of nitrogens with one attached hydrogen (secondary N) is 1. The van der Waals surface area contributed by atoms with Gasteiger partial charge in [0.15, 0.2) is 0 Å². The number of para-hydroxylation sites is 1. The predicted molar refractivity (Wildman–Crippen MR) is 104 cm³/mol. The van der Waals surface area contributed by atoms with Gasteiger partial charge in [0.1, 0.15) is 11.6 Å². The molecule has 3 aromatic rings. The van der Waals surface area contributed by atoms with E-state index in [2.05, 4.69) is 22.2 Å². The van der Waals surface area contributed by atoms with Crippen molar-refractivity contribution in [1.82, 2.24) is 19.9 Å². The largest absolute Gasteiger partial charge is 0.340 e. The molecule has 0 saturated carbocycles. The number of benzene rings is 1. The van der Waals surface area contributed by atoms with Crippen molar-refractivity contribution in [2.75, 3.05) is 18.9 Å². The summed E-state index contributed by atoms with van der Waals surface area (Å²) >= 11 is 0. The number of anilines is 2. The minimum atomic E-state index is 0.266. The Morgan fingerprint density at radius 2 is 1.81 bits per heavy atom. The van der Waals surface area contributed by atoms with Gasteiger partial charge in [-0.05, 0) is 50.7 Å². The van der Waals surface area contributed by atoms with Crippen LogP contribution in [0.4, 0.5) is 11.5 Å². The lowest BCUT2D eigenvalue weighted by atomic mass is 10.0. The van der Waals surface area contributed by atoms with E-state index in [1.165, 1.54) is 12.8 Å². The monoisotopic (exact) mass is 345 g/mol. The number of nitrogens with zero attached hydrogens (tertiary/aromatic N) is 4. The van der Waals surface area contributed by atoms with Gasteiger partial charge in [-0.15, -0.1) is 0 Å². The first-order valence-electron chi connectivity index (χ1n) is 9.11. The van der Waals surface area contributed by atoms with Gasteiger partial charge >= 0.3 is 0 Å². The number of pyridine rings is 1. The maximum atomic E-state index is 4.90. The van der Waals surface area contributed by atoms with Crippen LogP contribution in [0.25, 0.3) is 11.3 Å². The highest BCUT2D eigenvalue weighted by Crippen LogP contribution is 2.30. The molecule has 0 spiro atoms. The summed E-state index contributed by atoms with van der Waals surface area (Å²) in [5, 5.41) is 3.42. The van der Waals surface area contributed by atoms with Gasteiger partial charge in [0, 0.05) is 29.7 Å². The lowest BCUT2D eigenvalue weighted by molar-refractivity contribution is 0.179. The minimum Gasteiger partial charge on any atom is -0.340 e. The van der Waals surface area contributed by atoms with Crippen LogP contribution in [0.3, 0.4) is 0 Å². The molecule has 0 aliphatic carbocycles. The van der Waals surface area contributed by atoms with Crippen LogP contribution < -0.4 is 5.32 Å². The molecule has 3 heterocycles. The second-order valence-electron chi connectivity index (χ2n) is 6.72. The summed E-state index contributed by atoms with van der Waals surface area (Å²) in [5.41, 5.74) is 3.00. The van der Waals surface area contributed by atoms with Gasteiger partial charge in [-0.3, -0.25) is 9.88 Å². The summed E-state index contributed by atoms with van der Waals surface area (Å²) < 4.78 is 0. The van der Waals surface area contributed by atoms with Crippen molar-refractivity contribution in [1.29, 1.82) is 0 Å². The Bertz CT molecular complexity index is 851. The normalized spacial score (nSPS) is 17.8. The lowest BCUT2D eigenvalue weighted by Crippen LogP contribution is -2.31. The Balaban J connectivity index is 1.74.